The van der Waals surface area contributed by atoms with Gasteiger partial charge in [-0.05, 0) is 30.8 Å². The van der Waals surface area contributed by atoms with Crippen molar-refractivity contribution < 1.29 is 0 Å². The lowest BCUT2D eigenvalue weighted by Gasteiger charge is -2.33. The largest absolute Gasteiger partial charge is 0.370 e. The Morgan fingerprint density at radius 3 is 2.78 bits per heavy atom. The summed E-state index contributed by atoms with van der Waals surface area (Å²) in [6.07, 6.45) is 1.00. The molecule has 1 atom stereocenters. The third-order valence-electron chi connectivity index (χ3n) is 4.00. The third-order valence-corrected chi connectivity index (χ3v) is 4.93. The number of likely N-dealkylation sites (N-methyl/N-ethyl adjacent to an activating group) is 1. The van der Waals surface area contributed by atoms with E-state index in [2.05, 4.69) is 51.6 Å². The summed E-state index contributed by atoms with van der Waals surface area (Å²) in [5.41, 5.74) is 5.93. The van der Waals surface area contributed by atoms with Crippen molar-refractivity contribution in [2.24, 2.45) is 16.6 Å². The maximum atomic E-state index is 5.93. The molecule has 0 aromatic carbocycles. The molecule has 1 unspecified atom stereocenters. The Kier molecular flexibility index (Phi) is 10.1. The van der Waals surface area contributed by atoms with Crippen molar-refractivity contribution in [3.05, 3.63) is 22.4 Å². The second-order valence-corrected chi connectivity index (χ2v) is 7.22. The number of hydrogen-bond donors (Lipinski definition) is 2. The molecule has 0 radical (unpaired) electrons. The van der Waals surface area contributed by atoms with Gasteiger partial charge in [-0.25, -0.2) is 0 Å². The van der Waals surface area contributed by atoms with Crippen LogP contribution in [-0.4, -0.2) is 68.6 Å². The Balaban J connectivity index is 0.00000264. The van der Waals surface area contributed by atoms with Gasteiger partial charge in [0.15, 0.2) is 5.96 Å². The molecule has 1 aromatic rings. The van der Waals surface area contributed by atoms with Crippen LogP contribution in [0, 0.1) is 5.92 Å². The SMILES string of the molecule is CC(CN=C(N)NCCc1cccs1)CN1CCN(C)CC1.I. The van der Waals surface area contributed by atoms with Crippen molar-refractivity contribution in [2.75, 3.05) is 52.9 Å². The average Bonchev–Trinajstić information content (AvgIpc) is 3.01. The number of hydrogen-bond acceptors (Lipinski definition) is 4. The summed E-state index contributed by atoms with van der Waals surface area (Å²) < 4.78 is 0. The van der Waals surface area contributed by atoms with Crippen LogP contribution in [0.5, 0.6) is 0 Å². The van der Waals surface area contributed by atoms with Gasteiger partial charge in [-0.2, -0.15) is 0 Å². The first kappa shape index (κ1) is 20.7. The Morgan fingerprint density at radius 1 is 1.39 bits per heavy atom. The van der Waals surface area contributed by atoms with Crippen molar-refractivity contribution in [1.29, 1.82) is 0 Å². The van der Waals surface area contributed by atoms with E-state index in [-0.39, 0.29) is 24.0 Å². The predicted octanol–water partition coefficient (Wildman–Crippen LogP) is 1.70. The molecule has 0 spiro atoms. The summed E-state index contributed by atoms with van der Waals surface area (Å²) in [6, 6.07) is 4.23. The van der Waals surface area contributed by atoms with Crippen molar-refractivity contribution in [2.45, 2.75) is 13.3 Å². The molecule has 3 N–H and O–H groups in total. The molecule has 1 fully saturated rings. The minimum Gasteiger partial charge on any atom is -0.370 e. The van der Waals surface area contributed by atoms with E-state index in [1.807, 2.05) is 0 Å². The van der Waals surface area contributed by atoms with Crippen molar-refractivity contribution in [3.63, 3.8) is 0 Å². The summed E-state index contributed by atoms with van der Waals surface area (Å²) in [5.74, 6) is 1.11. The molecule has 2 heterocycles. The smallest absolute Gasteiger partial charge is 0.188 e. The van der Waals surface area contributed by atoms with Gasteiger partial charge >= 0.3 is 0 Å². The first-order valence-electron chi connectivity index (χ1n) is 8.10. The highest BCUT2D eigenvalue weighted by Gasteiger charge is 2.15. The van der Waals surface area contributed by atoms with Gasteiger partial charge < -0.3 is 20.9 Å². The average molecular weight is 451 g/mol. The quantitative estimate of drug-likeness (QED) is 0.377. The molecule has 23 heavy (non-hydrogen) atoms. The van der Waals surface area contributed by atoms with E-state index in [1.54, 1.807) is 11.3 Å². The topological polar surface area (TPSA) is 56.9 Å². The lowest BCUT2D eigenvalue weighted by Crippen LogP contribution is -2.46. The molecule has 1 aliphatic rings. The van der Waals surface area contributed by atoms with Crippen LogP contribution >= 0.6 is 35.3 Å². The van der Waals surface area contributed by atoms with Crippen LogP contribution in [0.1, 0.15) is 11.8 Å². The summed E-state index contributed by atoms with van der Waals surface area (Å²) in [6.45, 7) is 9.68. The number of aliphatic imine (C=N–C) groups is 1. The molecular formula is C16H30IN5S. The zero-order valence-corrected chi connectivity index (χ0v) is 17.3. The second kappa shape index (κ2) is 11.2. The first-order valence-corrected chi connectivity index (χ1v) is 8.98. The molecule has 1 aliphatic heterocycles. The number of rotatable bonds is 7. The van der Waals surface area contributed by atoms with Gasteiger partial charge in [-0.15, -0.1) is 35.3 Å². The number of halogens is 1. The van der Waals surface area contributed by atoms with E-state index in [1.165, 1.54) is 31.1 Å². The highest BCUT2D eigenvalue weighted by molar-refractivity contribution is 14.0. The van der Waals surface area contributed by atoms with Gasteiger partial charge in [-0.1, -0.05) is 13.0 Å². The molecule has 2 rings (SSSR count). The van der Waals surface area contributed by atoms with Crippen LogP contribution in [0.4, 0.5) is 0 Å². The molecule has 0 saturated carbocycles. The zero-order chi connectivity index (χ0) is 15.8. The monoisotopic (exact) mass is 451 g/mol. The van der Waals surface area contributed by atoms with Gasteiger partial charge in [0.1, 0.15) is 0 Å². The lowest BCUT2D eigenvalue weighted by molar-refractivity contribution is 0.140. The molecule has 0 aliphatic carbocycles. The number of piperazine rings is 1. The Labute approximate surface area is 161 Å². The van der Waals surface area contributed by atoms with Gasteiger partial charge in [0.25, 0.3) is 0 Å². The summed E-state index contributed by atoms with van der Waals surface area (Å²) in [5, 5.41) is 5.30. The Bertz CT molecular complexity index is 443. The summed E-state index contributed by atoms with van der Waals surface area (Å²) >= 11 is 1.78. The molecule has 5 nitrogen and oxygen atoms in total. The number of nitrogens with two attached hydrogens (primary N) is 1. The minimum atomic E-state index is 0. The van der Waals surface area contributed by atoms with Crippen molar-refractivity contribution in [1.82, 2.24) is 15.1 Å². The number of guanidine groups is 1. The maximum absolute atomic E-state index is 5.93. The van der Waals surface area contributed by atoms with Crippen LogP contribution in [-0.2, 0) is 6.42 Å². The summed E-state index contributed by atoms with van der Waals surface area (Å²) in [7, 11) is 2.19. The molecule has 1 aromatic heterocycles. The highest BCUT2D eigenvalue weighted by Crippen LogP contribution is 2.08. The molecular weight excluding hydrogens is 421 g/mol. The number of nitrogens with zero attached hydrogens (tertiary/aromatic N) is 3. The van der Waals surface area contributed by atoms with Gasteiger partial charge in [0.2, 0.25) is 0 Å². The summed E-state index contributed by atoms with van der Waals surface area (Å²) in [4.78, 5) is 10.8. The van der Waals surface area contributed by atoms with Crippen LogP contribution in [0.15, 0.2) is 22.5 Å². The van der Waals surface area contributed by atoms with Crippen LogP contribution in [0.3, 0.4) is 0 Å². The molecule has 0 amide bonds. The van der Waals surface area contributed by atoms with E-state index in [0.717, 1.165) is 26.1 Å². The van der Waals surface area contributed by atoms with E-state index in [9.17, 15) is 0 Å². The van der Waals surface area contributed by atoms with Gasteiger partial charge in [0, 0.05) is 50.7 Å². The first-order chi connectivity index (χ1) is 10.6. The zero-order valence-electron chi connectivity index (χ0n) is 14.2. The van der Waals surface area contributed by atoms with E-state index < -0.39 is 0 Å². The van der Waals surface area contributed by atoms with Crippen molar-refractivity contribution >= 4 is 41.3 Å². The Morgan fingerprint density at radius 2 is 2.13 bits per heavy atom. The molecule has 0 bridgehead atoms. The van der Waals surface area contributed by atoms with E-state index in [0.29, 0.717) is 11.9 Å². The second-order valence-electron chi connectivity index (χ2n) is 6.19. The molecule has 7 heteroatoms. The van der Waals surface area contributed by atoms with Crippen LogP contribution in [0.2, 0.25) is 0 Å². The molecule has 132 valence electrons. The normalized spacial score (nSPS) is 18.4. The lowest BCUT2D eigenvalue weighted by atomic mass is 10.1. The van der Waals surface area contributed by atoms with Crippen LogP contribution in [0.25, 0.3) is 0 Å². The minimum absolute atomic E-state index is 0. The number of nitrogens with one attached hydrogen (secondary N) is 1. The van der Waals surface area contributed by atoms with E-state index >= 15 is 0 Å². The Hall–Kier alpha value is -0.380. The maximum Gasteiger partial charge on any atom is 0.188 e. The number of thiophene rings is 1. The highest BCUT2D eigenvalue weighted by atomic mass is 127. The standard InChI is InChI=1S/C16H29N5S.HI/c1-14(13-21-9-7-20(2)8-10-21)12-19-16(17)18-6-5-15-4-3-11-22-15;/h3-4,11,14H,5-10,12-13H2,1-2H3,(H3,17,18,19);1H. The van der Waals surface area contributed by atoms with Crippen molar-refractivity contribution in [3.8, 4) is 0 Å². The fourth-order valence-electron chi connectivity index (χ4n) is 2.61. The van der Waals surface area contributed by atoms with E-state index in [4.69, 9.17) is 5.73 Å². The fraction of sp³-hybridized carbons (Fsp3) is 0.688. The third kappa shape index (κ3) is 8.32. The van der Waals surface area contributed by atoms with Crippen LogP contribution < -0.4 is 11.1 Å². The fourth-order valence-corrected chi connectivity index (χ4v) is 3.32. The molecule has 1 saturated heterocycles. The predicted molar refractivity (Wildman–Crippen MR) is 111 cm³/mol. The van der Waals surface area contributed by atoms with Gasteiger partial charge in [-0.3, -0.25) is 4.99 Å². The van der Waals surface area contributed by atoms with Gasteiger partial charge in [0.05, 0.1) is 0 Å².